The molecule has 0 saturated heterocycles. The predicted molar refractivity (Wildman–Crippen MR) is 51.8 cm³/mol. The fourth-order valence-electron chi connectivity index (χ4n) is 2.03. The van der Waals surface area contributed by atoms with Gasteiger partial charge in [-0.05, 0) is 36.6 Å². The molecule has 0 fully saturated rings. The summed E-state index contributed by atoms with van der Waals surface area (Å²) in [6, 6.07) is 4.44. The molecule has 1 aliphatic carbocycles. The smallest absolute Gasteiger partial charge is 0.163 e. The van der Waals surface area contributed by atoms with Crippen molar-refractivity contribution >= 4 is 5.78 Å². The second-order valence-corrected chi connectivity index (χ2v) is 3.63. The van der Waals surface area contributed by atoms with Gasteiger partial charge in [0.15, 0.2) is 5.78 Å². The molecule has 0 amide bonds. The number of halogens is 1. The standard InChI is InChI=1S/C11H12FNO/c12-8-1-2-9-7(3-4-13)5-11(14)10(9)6-8/h1-2,6-7H,3-5,13H2. The highest BCUT2D eigenvalue weighted by molar-refractivity contribution is 6.01. The van der Waals surface area contributed by atoms with Gasteiger partial charge in [0.1, 0.15) is 5.82 Å². The van der Waals surface area contributed by atoms with Gasteiger partial charge in [-0.3, -0.25) is 4.79 Å². The van der Waals surface area contributed by atoms with Crippen LogP contribution < -0.4 is 5.73 Å². The lowest BCUT2D eigenvalue weighted by atomic mass is 9.98. The molecule has 0 aromatic heterocycles. The highest BCUT2D eigenvalue weighted by atomic mass is 19.1. The maximum absolute atomic E-state index is 12.9. The summed E-state index contributed by atoms with van der Waals surface area (Å²) in [7, 11) is 0. The first-order valence-corrected chi connectivity index (χ1v) is 4.75. The number of Topliss-reactive ketones (excluding diaryl/α,β-unsaturated/α-hetero) is 1. The number of ketones is 1. The molecular weight excluding hydrogens is 181 g/mol. The summed E-state index contributed by atoms with van der Waals surface area (Å²) in [4.78, 5) is 11.5. The van der Waals surface area contributed by atoms with Gasteiger partial charge in [0.25, 0.3) is 0 Å². The minimum atomic E-state index is -0.342. The third-order valence-electron chi connectivity index (χ3n) is 2.70. The van der Waals surface area contributed by atoms with Crippen molar-refractivity contribution in [3.05, 3.63) is 35.1 Å². The first kappa shape index (κ1) is 9.34. The van der Waals surface area contributed by atoms with Gasteiger partial charge in [0.05, 0.1) is 0 Å². The van der Waals surface area contributed by atoms with Crippen LogP contribution in [0.25, 0.3) is 0 Å². The average molecular weight is 193 g/mol. The Kier molecular flexibility index (Phi) is 2.33. The number of hydrogen-bond donors (Lipinski definition) is 1. The van der Waals surface area contributed by atoms with Gasteiger partial charge in [0.2, 0.25) is 0 Å². The van der Waals surface area contributed by atoms with E-state index >= 15 is 0 Å². The minimum Gasteiger partial charge on any atom is -0.330 e. The van der Waals surface area contributed by atoms with E-state index < -0.39 is 0 Å². The second-order valence-electron chi connectivity index (χ2n) is 3.63. The first-order valence-electron chi connectivity index (χ1n) is 4.75. The summed E-state index contributed by atoms with van der Waals surface area (Å²) in [5.74, 6) is -0.105. The Morgan fingerprint density at radius 2 is 2.29 bits per heavy atom. The molecule has 74 valence electrons. The molecule has 0 bridgehead atoms. The molecule has 0 spiro atoms. The Hall–Kier alpha value is -1.22. The van der Waals surface area contributed by atoms with Crippen LogP contribution in [0, 0.1) is 5.82 Å². The number of fused-ring (bicyclic) bond motifs is 1. The zero-order chi connectivity index (χ0) is 10.1. The number of nitrogens with two attached hydrogens (primary N) is 1. The highest BCUT2D eigenvalue weighted by Gasteiger charge is 2.28. The molecule has 1 aromatic carbocycles. The van der Waals surface area contributed by atoms with Crippen LogP contribution in [0.4, 0.5) is 4.39 Å². The lowest BCUT2D eigenvalue weighted by molar-refractivity contribution is 0.0988. The molecule has 3 heteroatoms. The fourth-order valence-corrected chi connectivity index (χ4v) is 2.03. The number of rotatable bonds is 2. The quantitative estimate of drug-likeness (QED) is 0.778. The number of carbonyl (C=O) groups is 1. The van der Waals surface area contributed by atoms with Crippen molar-refractivity contribution < 1.29 is 9.18 Å². The van der Waals surface area contributed by atoms with Gasteiger partial charge in [-0.15, -0.1) is 0 Å². The van der Waals surface area contributed by atoms with Crippen molar-refractivity contribution in [2.75, 3.05) is 6.54 Å². The Morgan fingerprint density at radius 3 is 3.00 bits per heavy atom. The summed E-state index contributed by atoms with van der Waals surface area (Å²) >= 11 is 0. The van der Waals surface area contributed by atoms with Crippen LogP contribution in [0.1, 0.15) is 34.7 Å². The molecule has 0 radical (unpaired) electrons. The zero-order valence-electron chi connectivity index (χ0n) is 7.79. The number of benzene rings is 1. The van der Waals surface area contributed by atoms with E-state index in [0.29, 0.717) is 18.5 Å². The fraction of sp³-hybridized carbons (Fsp3) is 0.364. The van der Waals surface area contributed by atoms with E-state index in [2.05, 4.69) is 0 Å². The second kappa shape index (κ2) is 3.50. The lowest BCUT2D eigenvalue weighted by Crippen LogP contribution is -2.05. The van der Waals surface area contributed by atoms with E-state index in [1.807, 2.05) is 0 Å². The summed E-state index contributed by atoms with van der Waals surface area (Å²) in [5.41, 5.74) is 6.96. The van der Waals surface area contributed by atoms with Crippen LogP contribution in [0.5, 0.6) is 0 Å². The molecule has 0 saturated carbocycles. The molecule has 2 nitrogen and oxygen atoms in total. The number of hydrogen-bond acceptors (Lipinski definition) is 2. The van der Waals surface area contributed by atoms with E-state index in [1.165, 1.54) is 12.1 Å². The molecule has 1 aliphatic rings. The van der Waals surface area contributed by atoms with Gasteiger partial charge in [-0.2, -0.15) is 0 Å². The largest absolute Gasteiger partial charge is 0.330 e. The van der Waals surface area contributed by atoms with Crippen LogP contribution in [0.2, 0.25) is 0 Å². The normalized spacial score (nSPS) is 19.9. The Morgan fingerprint density at radius 1 is 1.50 bits per heavy atom. The van der Waals surface area contributed by atoms with E-state index in [1.54, 1.807) is 6.07 Å². The van der Waals surface area contributed by atoms with Crippen molar-refractivity contribution in [1.82, 2.24) is 0 Å². The lowest BCUT2D eigenvalue weighted by Gasteiger charge is -2.07. The maximum atomic E-state index is 12.9. The van der Waals surface area contributed by atoms with E-state index in [0.717, 1.165) is 12.0 Å². The van der Waals surface area contributed by atoms with Crippen LogP contribution in [0.3, 0.4) is 0 Å². The number of carbonyl (C=O) groups excluding carboxylic acids is 1. The van der Waals surface area contributed by atoms with Crippen LogP contribution >= 0.6 is 0 Å². The van der Waals surface area contributed by atoms with Crippen molar-refractivity contribution in [2.24, 2.45) is 5.73 Å². The van der Waals surface area contributed by atoms with Crippen LogP contribution in [-0.2, 0) is 0 Å². The summed E-state index contributed by atoms with van der Waals surface area (Å²) in [6.45, 7) is 0.564. The van der Waals surface area contributed by atoms with Gasteiger partial charge >= 0.3 is 0 Å². The Labute approximate surface area is 81.9 Å². The van der Waals surface area contributed by atoms with E-state index in [-0.39, 0.29) is 17.5 Å². The average Bonchev–Trinajstić information content (AvgIpc) is 2.44. The molecular formula is C11H12FNO. The van der Waals surface area contributed by atoms with Gasteiger partial charge in [0, 0.05) is 12.0 Å². The van der Waals surface area contributed by atoms with Crippen molar-refractivity contribution in [2.45, 2.75) is 18.8 Å². The molecule has 2 rings (SSSR count). The molecule has 2 N–H and O–H groups in total. The molecule has 1 unspecified atom stereocenters. The van der Waals surface area contributed by atoms with Gasteiger partial charge < -0.3 is 5.73 Å². The molecule has 1 atom stereocenters. The Bertz CT molecular complexity index is 376. The summed E-state index contributed by atoms with van der Waals surface area (Å²) in [5, 5.41) is 0. The molecule has 14 heavy (non-hydrogen) atoms. The first-order chi connectivity index (χ1) is 6.72. The molecule has 0 aliphatic heterocycles. The Balaban J connectivity index is 2.39. The third-order valence-corrected chi connectivity index (χ3v) is 2.70. The summed E-state index contributed by atoms with van der Waals surface area (Å²) in [6.07, 6.45) is 1.28. The van der Waals surface area contributed by atoms with Crippen LogP contribution in [0.15, 0.2) is 18.2 Å². The summed E-state index contributed by atoms with van der Waals surface area (Å²) < 4.78 is 12.9. The molecule has 0 heterocycles. The SMILES string of the molecule is NCCC1CC(=O)c2cc(F)ccc21. The maximum Gasteiger partial charge on any atom is 0.163 e. The van der Waals surface area contributed by atoms with Crippen molar-refractivity contribution in [1.29, 1.82) is 0 Å². The van der Waals surface area contributed by atoms with Crippen molar-refractivity contribution in [3.63, 3.8) is 0 Å². The zero-order valence-corrected chi connectivity index (χ0v) is 7.79. The molecule has 1 aromatic rings. The van der Waals surface area contributed by atoms with Gasteiger partial charge in [-0.1, -0.05) is 6.07 Å². The van der Waals surface area contributed by atoms with Gasteiger partial charge in [-0.25, -0.2) is 4.39 Å². The van der Waals surface area contributed by atoms with E-state index in [4.69, 9.17) is 5.73 Å². The van der Waals surface area contributed by atoms with Crippen LogP contribution in [-0.4, -0.2) is 12.3 Å². The highest BCUT2D eigenvalue weighted by Crippen LogP contribution is 2.35. The van der Waals surface area contributed by atoms with E-state index in [9.17, 15) is 9.18 Å². The third kappa shape index (κ3) is 1.44. The monoisotopic (exact) mass is 193 g/mol. The van der Waals surface area contributed by atoms with Crippen molar-refractivity contribution in [3.8, 4) is 0 Å². The predicted octanol–water partition coefficient (Wildman–Crippen LogP) is 1.84. The topological polar surface area (TPSA) is 43.1 Å². The minimum absolute atomic E-state index is 0.0398.